The van der Waals surface area contributed by atoms with Crippen molar-refractivity contribution in [2.75, 3.05) is 12.8 Å². The van der Waals surface area contributed by atoms with E-state index < -0.39 is 0 Å². The van der Waals surface area contributed by atoms with Gasteiger partial charge >= 0.3 is 0 Å². The first kappa shape index (κ1) is 18.4. The zero-order valence-electron chi connectivity index (χ0n) is 15.5. The number of fused-ring (bicyclic) bond motifs is 3. The lowest BCUT2D eigenvalue weighted by Gasteiger charge is -2.29. The molecule has 2 atom stereocenters. The molecule has 6 heteroatoms. The van der Waals surface area contributed by atoms with Gasteiger partial charge in [-0.05, 0) is 60.5 Å². The number of nitrogens with two attached hydrogens (primary N) is 1. The van der Waals surface area contributed by atoms with Crippen molar-refractivity contribution in [2.24, 2.45) is 4.99 Å². The fourth-order valence-corrected chi connectivity index (χ4v) is 3.82. The Morgan fingerprint density at radius 3 is 2.61 bits per heavy atom. The summed E-state index contributed by atoms with van der Waals surface area (Å²) >= 11 is 6.33. The highest BCUT2D eigenvalue weighted by Crippen LogP contribution is 2.40. The maximum Gasteiger partial charge on any atom is 0.146 e. The number of halogens is 2. The van der Waals surface area contributed by atoms with E-state index in [4.69, 9.17) is 22.3 Å². The molecule has 0 amide bonds. The molecule has 2 aromatic rings. The Labute approximate surface area is 167 Å². The number of rotatable bonds is 2. The molecule has 2 aliphatic heterocycles. The van der Waals surface area contributed by atoms with E-state index in [9.17, 15) is 9.18 Å². The van der Waals surface area contributed by atoms with E-state index in [1.807, 2.05) is 37.2 Å². The lowest BCUT2D eigenvalue weighted by Crippen LogP contribution is -2.31. The van der Waals surface area contributed by atoms with Crippen molar-refractivity contribution in [2.45, 2.75) is 19.0 Å². The molecule has 28 heavy (non-hydrogen) atoms. The van der Waals surface area contributed by atoms with Crippen LogP contribution >= 0.6 is 11.6 Å². The van der Waals surface area contributed by atoms with Gasteiger partial charge in [0.05, 0.1) is 22.5 Å². The quantitative estimate of drug-likeness (QED) is 0.615. The number of hydrogen-bond acceptors (Lipinski definition) is 4. The number of nitrogens with zero attached hydrogens (tertiary/aromatic N) is 2. The second kappa shape index (κ2) is 6.91. The van der Waals surface area contributed by atoms with E-state index in [0.29, 0.717) is 16.4 Å². The molecule has 0 saturated heterocycles. The molecule has 2 heterocycles. The van der Waals surface area contributed by atoms with Crippen LogP contribution in [0.4, 0.5) is 10.1 Å². The van der Waals surface area contributed by atoms with Gasteiger partial charge in [0.15, 0.2) is 0 Å². The van der Waals surface area contributed by atoms with Gasteiger partial charge in [-0.3, -0.25) is 4.99 Å². The number of anilines is 1. The molecule has 4 nitrogen and oxygen atoms in total. The number of aldehydes is 1. The van der Waals surface area contributed by atoms with E-state index in [0.717, 1.165) is 34.1 Å². The number of nitrogen functional groups attached to an aromatic ring is 1. The van der Waals surface area contributed by atoms with Crippen LogP contribution in [0.15, 0.2) is 59.2 Å². The average molecular weight is 396 g/mol. The van der Waals surface area contributed by atoms with Gasteiger partial charge in [-0.25, -0.2) is 4.39 Å². The molecule has 4 rings (SSSR count). The van der Waals surface area contributed by atoms with Crippen LogP contribution in [0.5, 0.6) is 0 Å². The Hall–Kier alpha value is -2.92. The number of benzene rings is 2. The maximum absolute atomic E-state index is 13.5. The molecule has 0 bridgehead atoms. The molecule has 0 radical (unpaired) electrons. The summed E-state index contributed by atoms with van der Waals surface area (Å²) in [4.78, 5) is 18.2. The largest absolute Gasteiger partial charge is 0.398 e. The summed E-state index contributed by atoms with van der Waals surface area (Å²) < 4.78 is 13.5. The minimum Gasteiger partial charge on any atom is -0.398 e. The fourth-order valence-electron chi connectivity index (χ4n) is 3.66. The maximum atomic E-state index is 13.5. The number of carbonyl (C=O) groups excluding carboxylic acids is 1. The van der Waals surface area contributed by atoms with Gasteiger partial charge in [0, 0.05) is 29.9 Å². The van der Waals surface area contributed by atoms with Gasteiger partial charge < -0.3 is 15.4 Å². The van der Waals surface area contributed by atoms with Crippen molar-refractivity contribution in [1.82, 2.24) is 4.90 Å². The van der Waals surface area contributed by atoms with E-state index in [-0.39, 0.29) is 17.9 Å². The summed E-state index contributed by atoms with van der Waals surface area (Å²) in [6, 6.07) is 9.31. The lowest BCUT2D eigenvalue weighted by atomic mass is 9.87. The van der Waals surface area contributed by atoms with Crippen molar-refractivity contribution >= 4 is 34.9 Å². The van der Waals surface area contributed by atoms with Gasteiger partial charge in [0.25, 0.3) is 0 Å². The normalized spacial score (nSPS) is 21.0. The molecule has 2 N–H and O–H groups in total. The number of carbonyl (C=O) groups is 1. The Morgan fingerprint density at radius 2 is 1.93 bits per heavy atom. The van der Waals surface area contributed by atoms with Crippen molar-refractivity contribution < 1.29 is 9.18 Å². The van der Waals surface area contributed by atoms with Crippen molar-refractivity contribution in [1.29, 1.82) is 0 Å². The molecule has 2 aliphatic rings. The van der Waals surface area contributed by atoms with Gasteiger partial charge in [-0.15, -0.1) is 0 Å². The second-order valence-corrected chi connectivity index (χ2v) is 7.44. The first-order valence-corrected chi connectivity index (χ1v) is 9.31. The first-order chi connectivity index (χ1) is 13.4. The van der Waals surface area contributed by atoms with Gasteiger partial charge in [0.2, 0.25) is 0 Å². The van der Waals surface area contributed by atoms with Crippen LogP contribution in [-0.4, -0.2) is 36.0 Å². The van der Waals surface area contributed by atoms with Crippen LogP contribution in [0.2, 0.25) is 5.02 Å². The lowest BCUT2D eigenvalue weighted by molar-refractivity contribution is -0.110. The number of hydrogen-bond donors (Lipinski definition) is 1. The molecule has 0 spiro atoms. The standard InChI is InChI=1S/C22H19ClFN3O/c1-12-16-7-15(11-28)27(2)10-19(16)17-9-21(25)20(23)8-18(17)22(26-12)13-3-5-14(24)6-4-13/h3-12,15H,25H2,1-2H3/t12-,15?/m0/s1. The summed E-state index contributed by atoms with van der Waals surface area (Å²) in [6.07, 6.45) is 4.78. The zero-order chi connectivity index (χ0) is 20.0. The van der Waals surface area contributed by atoms with E-state index in [2.05, 4.69) is 0 Å². The third-order valence-corrected chi connectivity index (χ3v) is 5.50. The minimum absolute atomic E-state index is 0.199. The second-order valence-electron chi connectivity index (χ2n) is 7.04. The molecular weight excluding hydrogens is 377 g/mol. The zero-order valence-corrected chi connectivity index (χ0v) is 16.2. The molecule has 0 saturated carbocycles. The molecule has 0 aromatic heterocycles. The van der Waals surface area contributed by atoms with Crippen molar-refractivity contribution in [3.05, 3.63) is 81.8 Å². The predicted molar refractivity (Wildman–Crippen MR) is 111 cm³/mol. The van der Waals surface area contributed by atoms with Crippen molar-refractivity contribution in [3.8, 4) is 0 Å². The summed E-state index contributed by atoms with van der Waals surface area (Å²) in [5.41, 5.74) is 11.7. The third kappa shape index (κ3) is 3.02. The van der Waals surface area contributed by atoms with Crippen LogP contribution in [0.25, 0.3) is 5.57 Å². The molecule has 1 unspecified atom stereocenters. The van der Waals surface area contributed by atoms with Crippen LogP contribution < -0.4 is 5.73 Å². The molecule has 0 aliphatic carbocycles. The highest BCUT2D eigenvalue weighted by Gasteiger charge is 2.30. The third-order valence-electron chi connectivity index (χ3n) is 5.18. The monoisotopic (exact) mass is 395 g/mol. The topological polar surface area (TPSA) is 58.7 Å². The Morgan fingerprint density at radius 1 is 1.21 bits per heavy atom. The fraction of sp³-hybridized carbons (Fsp3) is 0.182. The van der Waals surface area contributed by atoms with Crippen LogP contribution in [0.1, 0.15) is 23.6 Å². The Balaban J connectivity index is 2.01. The number of aliphatic imine (C=N–C) groups is 1. The van der Waals surface area contributed by atoms with Crippen molar-refractivity contribution in [3.63, 3.8) is 0 Å². The first-order valence-electron chi connectivity index (χ1n) is 8.93. The Kier molecular flexibility index (Phi) is 4.55. The van der Waals surface area contributed by atoms with Crippen LogP contribution in [0.3, 0.4) is 0 Å². The summed E-state index contributed by atoms with van der Waals surface area (Å²) in [6.45, 7) is 1.98. The SMILES string of the molecule is C[C@@H]1N=C(c2ccc(F)cc2)c2cc(Cl)c(N)cc2C2=CN(C)C(C=O)C=C21. The molecule has 2 aromatic carbocycles. The summed E-state index contributed by atoms with van der Waals surface area (Å²) in [7, 11) is 1.86. The van der Waals surface area contributed by atoms with E-state index in [1.165, 1.54) is 12.1 Å². The smallest absolute Gasteiger partial charge is 0.146 e. The van der Waals surface area contributed by atoms with E-state index in [1.54, 1.807) is 18.2 Å². The summed E-state index contributed by atoms with van der Waals surface area (Å²) in [5.74, 6) is -0.309. The summed E-state index contributed by atoms with van der Waals surface area (Å²) in [5, 5.41) is 0.434. The molecule has 142 valence electrons. The number of likely N-dealkylation sites (N-methyl/N-ethyl adjacent to an activating group) is 1. The highest BCUT2D eigenvalue weighted by molar-refractivity contribution is 6.34. The van der Waals surface area contributed by atoms with Gasteiger partial charge in [-0.2, -0.15) is 0 Å². The Bertz CT molecular complexity index is 1060. The highest BCUT2D eigenvalue weighted by atomic mass is 35.5. The predicted octanol–water partition coefficient (Wildman–Crippen LogP) is 4.08. The van der Waals surface area contributed by atoms with Crippen LogP contribution in [-0.2, 0) is 4.79 Å². The van der Waals surface area contributed by atoms with Gasteiger partial charge in [0.1, 0.15) is 18.1 Å². The molecule has 0 fully saturated rings. The van der Waals surface area contributed by atoms with Gasteiger partial charge in [-0.1, -0.05) is 11.6 Å². The minimum atomic E-state index is -0.350. The average Bonchev–Trinajstić information content (AvgIpc) is 2.78. The van der Waals surface area contributed by atoms with E-state index >= 15 is 0 Å². The molecular formula is C22H19ClFN3O. The van der Waals surface area contributed by atoms with Crippen LogP contribution in [0, 0.1) is 5.82 Å².